The van der Waals surface area contributed by atoms with E-state index in [1.807, 2.05) is 0 Å². The molecule has 1 aliphatic rings. The molecule has 0 bridgehead atoms. The van der Waals surface area contributed by atoms with Gasteiger partial charge in [0.15, 0.2) is 0 Å². The maximum Gasteiger partial charge on any atom is 0.416 e. The zero-order chi connectivity index (χ0) is 20.2. The van der Waals surface area contributed by atoms with Crippen molar-refractivity contribution in [2.24, 2.45) is 5.92 Å². The molecule has 148 valence electrons. The molecular weight excluding hydrogens is 365 g/mol. The number of carboxylic acid groups (broad SMARTS) is 1. The van der Waals surface area contributed by atoms with Crippen LogP contribution in [0.2, 0.25) is 0 Å². The smallest absolute Gasteiger partial charge is 0.416 e. The number of amides is 2. The van der Waals surface area contributed by atoms with Crippen molar-refractivity contribution in [1.82, 2.24) is 5.32 Å². The van der Waals surface area contributed by atoms with Crippen LogP contribution in [0.25, 0.3) is 0 Å². The fourth-order valence-electron chi connectivity index (χ4n) is 2.96. The van der Waals surface area contributed by atoms with Crippen LogP contribution in [-0.2, 0) is 15.8 Å². The molecule has 0 aromatic heterocycles. The summed E-state index contributed by atoms with van der Waals surface area (Å²) in [5.74, 6) is -3.00. The van der Waals surface area contributed by atoms with Crippen molar-refractivity contribution in [3.05, 3.63) is 29.3 Å². The normalized spacial score (nSPS) is 15.7. The summed E-state index contributed by atoms with van der Waals surface area (Å²) < 4.78 is 39.6. The molecule has 2 amide bonds. The number of carbonyl (C=O) groups excluding carboxylic acids is 2. The van der Waals surface area contributed by atoms with Gasteiger partial charge in [-0.3, -0.25) is 14.4 Å². The Morgan fingerprint density at radius 2 is 2.00 bits per heavy atom. The molecule has 1 aliphatic heterocycles. The van der Waals surface area contributed by atoms with Gasteiger partial charge in [0.05, 0.1) is 11.5 Å². The Bertz CT molecular complexity index is 734. The van der Waals surface area contributed by atoms with Gasteiger partial charge in [0, 0.05) is 30.8 Å². The number of aliphatic carboxylic acids is 1. The van der Waals surface area contributed by atoms with Gasteiger partial charge in [0.2, 0.25) is 5.91 Å². The molecule has 0 spiro atoms. The van der Waals surface area contributed by atoms with Crippen LogP contribution in [0.3, 0.4) is 0 Å². The van der Waals surface area contributed by atoms with Gasteiger partial charge in [-0.1, -0.05) is 13.3 Å². The first kappa shape index (κ1) is 20.7. The number of halogens is 3. The van der Waals surface area contributed by atoms with Crippen LogP contribution >= 0.6 is 0 Å². The van der Waals surface area contributed by atoms with E-state index in [4.69, 9.17) is 5.11 Å². The summed E-state index contributed by atoms with van der Waals surface area (Å²) in [5, 5.41) is 11.5. The minimum Gasteiger partial charge on any atom is -0.481 e. The lowest BCUT2D eigenvalue weighted by atomic mass is 10.0. The summed E-state index contributed by atoms with van der Waals surface area (Å²) in [5.41, 5.74) is -1.28. The molecule has 1 aromatic rings. The summed E-state index contributed by atoms with van der Waals surface area (Å²) in [6, 6.07) is 2.77. The molecule has 1 saturated heterocycles. The van der Waals surface area contributed by atoms with E-state index in [0.29, 0.717) is 31.9 Å². The SMILES string of the molecule is CCCC(CNC(=O)c1cc(N2CCCC2=O)cc(C(F)(F)F)c1)C(=O)O. The van der Waals surface area contributed by atoms with Crippen LogP contribution < -0.4 is 10.2 Å². The van der Waals surface area contributed by atoms with E-state index in [-0.39, 0.29) is 30.1 Å². The predicted octanol–water partition coefficient (Wildman–Crippen LogP) is 3.06. The minimum atomic E-state index is -4.68. The number of nitrogens with zero attached hydrogens (tertiary/aromatic N) is 1. The van der Waals surface area contributed by atoms with Crippen molar-refractivity contribution in [1.29, 1.82) is 0 Å². The second-order valence-electron chi connectivity index (χ2n) is 6.45. The Morgan fingerprint density at radius 3 is 2.52 bits per heavy atom. The largest absolute Gasteiger partial charge is 0.481 e. The van der Waals surface area contributed by atoms with Gasteiger partial charge in [-0.25, -0.2) is 0 Å². The second-order valence-corrected chi connectivity index (χ2v) is 6.45. The Labute approximate surface area is 154 Å². The molecule has 2 N–H and O–H groups in total. The summed E-state index contributed by atoms with van der Waals surface area (Å²) in [4.78, 5) is 36.6. The predicted molar refractivity (Wildman–Crippen MR) is 91.4 cm³/mol. The average molecular weight is 386 g/mol. The van der Waals surface area contributed by atoms with Crippen molar-refractivity contribution < 1.29 is 32.7 Å². The fraction of sp³-hybridized carbons (Fsp3) is 0.500. The van der Waals surface area contributed by atoms with Crippen molar-refractivity contribution in [2.75, 3.05) is 18.0 Å². The first-order valence-corrected chi connectivity index (χ1v) is 8.67. The zero-order valence-corrected chi connectivity index (χ0v) is 14.8. The minimum absolute atomic E-state index is 0.0146. The van der Waals surface area contributed by atoms with Gasteiger partial charge in [-0.05, 0) is 31.0 Å². The van der Waals surface area contributed by atoms with E-state index in [2.05, 4.69) is 5.32 Å². The quantitative estimate of drug-likeness (QED) is 0.754. The molecule has 1 heterocycles. The average Bonchev–Trinajstić information content (AvgIpc) is 3.02. The van der Waals surface area contributed by atoms with Crippen LogP contribution in [0.1, 0.15) is 48.5 Å². The van der Waals surface area contributed by atoms with Crippen LogP contribution in [0.5, 0.6) is 0 Å². The monoisotopic (exact) mass is 386 g/mol. The van der Waals surface area contributed by atoms with E-state index in [9.17, 15) is 27.6 Å². The van der Waals surface area contributed by atoms with Crippen LogP contribution in [-0.4, -0.2) is 36.0 Å². The van der Waals surface area contributed by atoms with Gasteiger partial charge in [0.25, 0.3) is 5.91 Å². The van der Waals surface area contributed by atoms with Crippen molar-refractivity contribution in [3.63, 3.8) is 0 Å². The molecule has 6 nitrogen and oxygen atoms in total. The number of alkyl halides is 3. The number of benzene rings is 1. The summed E-state index contributed by atoms with van der Waals surface area (Å²) >= 11 is 0. The lowest BCUT2D eigenvalue weighted by molar-refractivity contribution is -0.141. The molecule has 1 unspecified atom stereocenters. The van der Waals surface area contributed by atoms with Gasteiger partial charge in [0.1, 0.15) is 0 Å². The number of rotatable bonds is 7. The Morgan fingerprint density at radius 1 is 1.30 bits per heavy atom. The standard InChI is InChI=1S/C18H21F3N2O4/c1-2-4-11(17(26)27)10-22-16(25)12-7-13(18(19,20)21)9-14(8-12)23-6-3-5-15(23)24/h7-9,11H,2-6,10H2,1H3,(H,22,25)(H,26,27). The number of nitrogens with one attached hydrogen (secondary N) is 1. The molecule has 2 rings (SSSR count). The third kappa shape index (κ3) is 5.21. The van der Waals surface area contributed by atoms with Crippen LogP contribution in [0.15, 0.2) is 18.2 Å². The lowest BCUT2D eigenvalue weighted by Crippen LogP contribution is -2.33. The first-order chi connectivity index (χ1) is 12.6. The van der Waals surface area contributed by atoms with Crippen LogP contribution in [0, 0.1) is 5.92 Å². The molecule has 1 aromatic carbocycles. The summed E-state index contributed by atoms with van der Waals surface area (Å²) in [6.07, 6.45) is -2.97. The highest BCUT2D eigenvalue weighted by molar-refractivity contribution is 5.99. The van der Waals surface area contributed by atoms with Gasteiger partial charge < -0.3 is 15.3 Å². The molecule has 0 aliphatic carbocycles. The maximum atomic E-state index is 13.2. The van der Waals surface area contributed by atoms with E-state index >= 15 is 0 Å². The second kappa shape index (κ2) is 8.41. The van der Waals surface area contributed by atoms with E-state index in [1.165, 1.54) is 11.0 Å². The third-order valence-electron chi connectivity index (χ3n) is 4.39. The van der Waals surface area contributed by atoms with E-state index in [0.717, 1.165) is 6.07 Å². The lowest BCUT2D eigenvalue weighted by Gasteiger charge is -2.19. The van der Waals surface area contributed by atoms with Crippen LogP contribution in [0.4, 0.5) is 18.9 Å². The number of hydrogen-bond acceptors (Lipinski definition) is 3. The van der Waals surface area contributed by atoms with Crippen molar-refractivity contribution in [3.8, 4) is 0 Å². The zero-order valence-electron chi connectivity index (χ0n) is 14.8. The maximum absolute atomic E-state index is 13.2. The Hall–Kier alpha value is -2.58. The van der Waals surface area contributed by atoms with Gasteiger partial charge in [-0.2, -0.15) is 13.2 Å². The van der Waals surface area contributed by atoms with Crippen molar-refractivity contribution >= 4 is 23.5 Å². The third-order valence-corrected chi connectivity index (χ3v) is 4.39. The highest BCUT2D eigenvalue weighted by Gasteiger charge is 2.33. The van der Waals surface area contributed by atoms with Gasteiger partial charge >= 0.3 is 12.1 Å². The molecule has 27 heavy (non-hydrogen) atoms. The fourth-order valence-corrected chi connectivity index (χ4v) is 2.96. The van der Waals surface area contributed by atoms with Gasteiger partial charge in [-0.15, -0.1) is 0 Å². The topological polar surface area (TPSA) is 86.7 Å². The summed E-state index contributed by atoms with van der Waals surface area (Å²) in [6.45, 7) is 1.90. The molecule has 0 saturated carbocycles. The number of carbonyl (C=O) groups is 3. The van der Waals surface area contributed by atoms with E-state index in [1.54, 1.807) is 6.92 Å². The Kier molecular flexibility index (Phi) is 6.45. The number of anilines is 1. The highest BCUT2D eigenvalue weighted by Crippen LogP contribution is 2.34. The summed E-state index contributed by atoms with van der Waals surface area (Å²) in [7, 11) is 0. The molecule has 1 atom stereocenters. The number of carboxylic acids is 1. The van der Waals surface area contributed by atoms with Crippen molar-refractivity contribution in [2.45, 2.75) is 38.8 Å². The highest BCUT2D eigenvalue weighted by atomic mass is 19.4. The Balaban J connectivity index is 2.27. The van der Waals surface area contributed by atoms with E-state index < -0.39 is 29.5 Å². The molecule has 1 fully saturated rings. The molecule has 0 radical (unpaired) electrons. The molecule has 9 heteroatoms. The molecular formula is C18H21F3N2O4. The number of hydrogen-bond donors (Lipinski definition) is 2. The first-order valence-electron chi connectivity index (χ1n) is 8.67.